The van der Waals surface area contributed by atoms with Crippen molar-refractivity contribution in [3.05, 3.63) is 41.7 Å². The van der Waals surface area contributed by atoms with Gasteiger partial charge in [-0.25, -0.2) is 0 Å². The molecule has 1 fully saturated rings. The molecule has 0 aliphatic heterocycles. The summed E-state index contributed by atoms with van der Waals surface area (Å²) in [4.78, 5) is 12.2. The second-order valence-corrected chi connectivity index (χ2v) is 5.28. The molecule has 1 aromatic heterocycles. The number of carbonyl (C=O) groups is 1. The average Bonchev–Trinajstić information content (AvgIpc) is 3.23. The highest BCUT2D eigenvalue weighted by atomic mass is 16.5. The number of rotatable bonds is 6. The van der Waals surface area contributed by atoms with Crippen molar-refractivity contribution in [2.75, 3.05) is 11.9 Å². The van der Waals surface area contributed by atoms with Gasteiger partial charge in [0.05, 0.1) is 12.3 Å². The number of benzene rings is 1. The van der Waals surface area contributed by atoms with E-state index in [1.165, 1.54) is 12.8 Å². The number of hydrogen-bond donors (Lipinski definition) is 2. The zero-order valence-corrected chi connectivity index (χ0v) is 12.1. The van der Waals surface area contributed by atoms with E-state index >= 15 is 0 Å². The fourth-order valence-corrected chi connectivity index (χ4v) is 2.15. The average molecular weight is 285 g/mol. The highest BCUT2D eigenvalue weighted by molar-refractivity contribution is 6.03. The van der Waals surface area contributed by atoms with Gasteiger partial charge in [0.1, 0.15) is 5.75 Å². The second kappa shape index (κ2) is 5.99. The van der Waals surface area contributed by atoms with Gasteiger partial charge in [0.2, 0.25) is 0 Å². The van der Waals surface area contributed by atoms with Crippen molar-refractivity contribution in [3.8, 4) is 5.75 Å². The molecule has 110 valence electrons. The first-order valence-corrected chi connectivity index (χ1v) is 7.36. The van der Waals surface area contributed by atoms with Crippen molar-refractivity contribution in [1.82, 2.24) is 10.2 Å². The van der Waals surface area contributed by atoms with Gasteiger partial charge in [-0.3, -0.25) is 9.89 Å². The van der Waals surface area contributed by atoms with Crippen LogP contribution in [0, 0.1) is 0 Å². The van der Waals surface area contributed by atoms with E-state index in [9.17, 15) is 4.79 Å². The summed E-state index contributed by atoms with van der Waals surface area (Å²) in [5.74, 6) is 1.02. The summed E-state index contributed by atoms with van der Waals surface area (Å²) in [5, 5.41) is 9.89. The third-order valence-corrected chi connectivity index (χ3v) is 3.44. The second-order valence-electron chi connectivity index (χ2n) is 5.28. The first-order valence-electron chi connectivity index (χ1n) is 7.36. The molecule has 5 nitrogen and oxygen atoms in total. The molecule has 1 saturated carbocycles. The molecule has 21 heavy (non-hydrogen) atoms. The summed E-state index contributed by atoms with van der Waals surface area (Å²) >= 11 is 0. The molecule has 0 atom stereocenters. The predicted octanol–water partition coefficient (Wildman–Crippen LogP) is 3.33. The van der Waals surface area contributed by atoms with Crippen LogP contribution in [0.5, 0.6) is 5.75 Å². The lowest BCUT2D eigenvalue weighted by Gasteiger charge is -2.10. The highest BCUT2D eigenvalue weighted by Gasteiger charge is 2.26. The number of H-pyrrole nitrogens is 1. The minimum absolute atomic E-state index is 0.217. The van der Waals surface area contributed by atoms with E-state index in [0.717, 1.165) is 12.1 Å². The van der Waals surface area contributed by atoms with E-state index in [2.05, 4.69) is 15.5 Å². The molecule has 0 saturated heterocycles. The van der Waals surface area contributed by atoms with Gasteiger partial charge in [0, 0.05) is 11.6 Å². The molecule has 1 aliphatic carbocycles. The molecule has 1 heterocycles. The quantitative estimate of drug-likeness (QED) is 0.855. The summed E-state index contributed by atoms with van der Waals surface area (Å²) in [6, 6.07) is 9.28. The molecular weight excluding hydrogens is 266 g/mol. The molecule has 2 aromatic rings. The Hall–Kier alpha value is -2.30. The largest absolute Gasteiger partial charge is 0.491 e. The van der Waals surface area contributed by atoms with Crippen molar-refractivity contribution in [3.63, 3.8) is 0 Å². The molecular formula is C16H19N3O2. The molecule has 0 spiro atoms. The molecule has 0 unspecified atom stereocenters. The SMILES string of the molecule is CCCOc1ccccc1NC(=O)c1cc(C2CC2)[nH]n1. The van der Waals surface area contributed by atoms with Crippen LogP contribution in [0.2, 0.25) is 0 Å². The van der Waals surface area contributed by atoms with Crippen molar-refractivity contribution in [2.24, 2.45) is 0 Å². The Morgan fingerprint density at radius 1 is 1.43 bits per heavy atom. The Morgan fingerprint density at radius 3 is 3.00 bits per heavy atom. The number of aromatic nitrogens is 2. The minimum Gasteiger partial charge on any atom is -0.491 e. The predicted molar refractivity (Wildman–Crippen MR) is 80.7 cm³/mol. The molecule has 3 rings (SSSR count). The van der Waals surface area contributed by atoms with Gasteiger partial charge in [0.15, 0.2) is 5.69 Å². The van der Waals surface area contributed by atoms with Crippen molar-refractivity contribution in [2.45, 2.75) is 32.1 Å². The molecule has 1 aromatic carbocycles. The number of aromatic amines is 1. The lowest BCUT2D eigenvalue weighted by Crippen LogP contribution is -2.13. The van der Waals surface area contributed by atoms with Crippen LogP contribution in [0.15, 0.2) is 30.3 Å². The number of ether oxygens (including phenoxy) is 1. The number of amides is 1. The Balaban J connectivity index is 1.71. The van der Waals surface area contributed by atoms with Crippen LogP contribution in [0.4, 0.5) is 5.69 Å². The molecule has 2 N–H and O–H groups in total. The van der Waals surface area contributed by atoms with Crippen molar-refractivity contribution < 1.29 is 9.53 Å². The Kier molecular flexibility index (Phi) is 3.90. The molecule has 5 heteroatoms. The standard InChI is InChI=1S/C16H19N3O2/c1-2-9-21-15-6-4-3-5-12(15)17-16(20)14-10-13(18-19-14)11-7-8-11/h3-6,10-11H,2,7-9H2,1H3,(H,17,20)(H,18,19). The number of para-hydroxylation sites is 2. The third-order valence-electron chi connectivity index (χ3n) is 3.44. The summed E-state index contributed by atoms with van der Waals surface area (Å²) in [6.45, 7) is 2.67. The van der Waals surface area contributed by atoms with Gasteiger partial charge in [-0.15, -0.1) is 0 Å². The third kappa shape index (κ3) is 3.24. The van der Waals surface area contributed by atoms with Crippen LogP contribution in [0.3, 0.4) is 0 Å². The lowest BCUT2D eigenvalue weighted by molar-refractivity contribution is 0.102. The Morgan fingerprint density at radius 2 is 2.24 bits per heavy atom. The van der Waals surface area contributed by atoms with E-state index in [-0.39, 0.29) is 5.91 Å². The van der Waals surface area contributed by atoms with E-state index in [0.29, 0.717) is 29.7 Å². The molecule has 1 aliphatic rings. The van der Waals surface area contributed by atoms with Gasteiger partial charge in [-0.2, -0.15) is 5.10 Å². The normalized spacial score (nSPS) is 14.0. The first kappa shape index (κ1) is 13.7. The summed E-state index contributed by atoms with van der Waals surface area (Å²) in [6.07, 6.45) is 3.28. The molecule has 1 amide bonds. The number of nitrogens with one attached hydrogen (secondary N) is 2. The van der Waals surface area contributed by atoms with Crippen LogP contribution in [-0.4, -0.2) is 22.7 Å². The van der Waals surface area contributed by atoms with Gasteiger partial charge in [-0.05, 0) is 37.5 Å². The van der Waals surface area contributed by atoms with Crippen LogP contribution in [0.1, 0.15) is 48.3 Å². The highest BCUT2D eigenvalue weighted by Crippen LogP contribution is 2.39. The van der Waals surface area contributed by atoms with Crippen molar-refractivity contribution in [1.29, 1.82) is 0 Å². The summed E-state index contributed by atoms with van der Waals surface area (Å²) < 4.78 is 5.63. The molecule has 0 bridgehead atoms. The lowest BCUT2D eigenvalue weighted by atomic mass is 10.2. The number of nitrogens with zero attached hydrogens (tertiary/aromatic N) is 1. The fraction of sp³-hybridized carbons (Fsp3) is 0.375. The van der Waals surface area contributed by atoms with Crippen LogP contribution in [0.25, 0.3) is 0 Å². The first-order chi connectivity index (χ1) is 10.3. The van der Waals surface area contributed by atoms with Crippen LogP contribution < -0.4 is 10.1 Å². The zero-order chi connectivity index (χ0) is 14.7. The van der Waals surface area contributed by atoms with E-state index < -0.39 is 0 Å². The fourth-order valence-electron chi connectivity index (χ4n) is 2.15. The maximum absolute atomic E-state index is 12.2. The van der Waals surface area contributed by atoms with Crippen LogP contribution >= 0.6 is 0 Å². The van der Waals surface area contributed by atoms with E-state index in [1.54, 1.807) is 0 Å². The number of anilines is 1. The van der Waals surface area contributed by atoms with Crippen LogP contribution in [-0.2, 0) is 0 Å². The van der Waals surface area contributed by atoms with Crippen molar-refractivity contribution >= 4 is 11.6 Å². The Labute approximate surface area is 123 Å². The van der Waals surface area contributed by atoms with Gasteiger partial charge < -0.3 is 10.1 Å². The summed E-state index contributed by atoms with van der Waals surface area (Å²) in [7, 11) is 0. The van der Waals surface area contributed by atoms with Gasteiger partial charge in [0.25, 0.3) is 5.91 Å². The summed E-state index contributed by atoms with van der Waals surface area (Å²) in [5.41, 5.74) is 2.14. The van der Waals surface area contributed by atoms with Gasteiger partial charge in [-0.1, -0.05) is 19.1 Å². The maximum atomic E-state index is 12.2. The molecule has 0 radical (unpaired) electrons. The smallest absolute Gasteiger partial charge is 0.276 e. The monoisotopic (exact) mass is 285 g/mol. The Bertz CT molecular complexity index is 632. The topological polar surface area (TPSA) is 67.0 Å². The number of hydrogen-bond acceptors (Lipinski definition) is 3. The maximum Gasteiger partial charge on any atom is 0.276 e. The zero-order valence-electron chi connectivity index (χ0n) is 12.1. The van der Waals surface area contributed by atoms with Gasteiger partial charge >= 0.3 is 0 Å². The van der Waals surface area contributed by atoms with E-state index in [4.69, 9.17) is 4.74 Å². The number of carbonyl (C=O) groups excluding carboxylic acids is 1. The van der Waals surface area contributed by atoms with E-state index in [1.807, 2.05) is 37.3 Å². The minimum atomic E-state index is -0.217.